The molecule has 1 aliphatic heterocycles. The Morgan fingerprint density at radius 3 is 2.89 bits per heavy atom. The number of aromatic nitrogens is 1. The van der Waals surface area contributed by atoms with Crippen molar-refractivity contribution in [2.24, 2.45) is 5.84 Å². The van der Waals surface area contributed by atoms with Crippen LogP contribution >= 0.6 is 0 Å². The molecule has 1 amide bonds. The topological polar surface area (TPSA) is 74.5 Å². The lowest BCUT2D eigenvalue weighted by atomic mass is 10.3. The second-order valence-corrected chi connectivity index (χ2v) is 4.83. The first-order valence-corrected chi connectivity index (χ1v) is 6.62. The minimum absolute atomic E-state index is 0.0729. The van der Waals surface area contributed by atoms with Crippen LogP contribution < -0.4 is 11.3 Å². The number of nitrogen functional groups attached to an aromatic ring is 1. The Balaban J connectivity index is 1.90. The summed E-state index contributed by atoms with van der Waals surface area (Å²) in [5, 5.41) is 0. The van der Waals surface area contributed by atoms with Crippen LogP contribution in [0.25, 0.3) is 0 Å². The highest BCUT2D eigenvalue weighted by Crippen LogP contribution is 2.08. The fourth-order valence-electron chi connectivity index (χ4n) is 2.23. The van der Waals surface area contributed by atoms with Gasteiger partial charge in [0.2, 0.25) is 0 Å². The number of likely N-dealkylation sites (tertiary alicyclic amines) is 1. The molecule has 104 valence electrons. The molecule has 0 saturated carbocycles. The molecule has 2 rings (SSSR count). The second-order valence-electron chi connectivity index (χ2n) is 4.83. The van der Waals surface area contributed by atoms with Crippen LogP contribution in [-0.4, -0.2) is 53.9 Å². The maximum Gasteiger partial charge on any atom is 0.272 e. The zero-order chi connectivity index (χ0) is 13.7. The Morgan fingerprint density at radius 1 is 1.47 bits per heavy atom. The Kier molecular flexibility index (Phi) is 4.70. The van der Waals surface area contributed by atoms with Crippen molar-refractivity contribution in [3.8, 4) is 0 Å². The molecular weight excluding hydrogens is 242 g/mol. The minimum atomic E-state index is -0.0729. The van der Waals surface area contributed by atoms with E-state index in [0.29, 0.717) is 11.5 Å². The van der Waals surface area contributed by atoms with Crippen molar-refractivity contribution in [2.75, 3.05) is 38.7 Å². The van der Waals surface area contributed by atoms with E-state index in [1.54, 1.807) is 23.1 Å². The number of hydrogen-bond donors (Lipinski definition) is 2. The number of rotatable bonds is 5. The van der Waals surface area contributed by atoms with E-state index < -0.39 is 0 Å². The zero-order valence-electron chi connectivity index (χ0n) is 11.3. The highest BCUT2D eigenvalue weighted by Gasteiger charge is 2.16. The molecule has 1 fully saturated rings. The zero-order valence-corrected chi connectivity index (χ0v) is 11.3. The molecule has 0 unspecified atom stereocenters. The molecule has 3 N–H and O–H groups in total. The van der Waals surface area contributed by atoms with Gasteiger partial charge in [-0.2, -0.15) is 0 Å². The van der Waals surface area contributed by atoms with Crippen LogP contribution in [0.2, 0.25) is 0 Å². The van der Waals surface area contributed by atoms with Gasteiger partial charge in [-0.25, -0.2) is 10.8 Å². The van der Waals surface area contributed by atoms with Crippen LogP contribution in [0.5, 0.6) is 0 Å². The number of likely N-dealkylation sites (N-methyl/N-ethyl adjacent to an activating group) is 1. The Morgan fingerprint density at radius 2 is 2.21 bits per heavy atom. The summed E-state index contributed by atoms with van der Waals surface area (Å²) in [5.41, 5.74) is 2.86. The molecule has 1 saturated heterocycles. The van der Waals surface area contributed by atoms with Crippen LogP contribution in [0.15, 0.2) is 18.2 Å². The lowest BCUT2D eigenvalue weighted by Gasteiger charge is -2.21. The van der Waals surface area contributed by atoms with Crippen LogP contribution in [0.1, 0.15) is 23.3 Å². The van der Waals surface area contributed by atoms with Crippen LogP contribution in [-0.2, 0) is 0 Å². The monoisotopic (exact) mass is 263 g/mol. The Labute approximate surface area is 113 Å². The molecule has 0 atom stereocenters. The normalized spacial score (nSPS) is 15.5. The average molecular weight is 263 g/mol. The van der Waals surface area contributed by atoms with Crippen LogP contribution in [0, 0.1) is 0 Å². The number of amides is 1. The summed E-state index contributed by atoms with van der Waals surface area (Å²) in [6.45, 7) is 3.94. The predicted octanol–water partition coefficient (Wildman–Crippen LogP) is 0.535. The highest BCUT2D eigenvalue weighted by atomic mass is 16.2. The first-order valence-electron chi connectivity index (χ1n) is 6.62. The molecule has 1 aliphatic rings. The predicted molar refractivity (Wildman–Crippen MR) is 74.7 cm³/mol. The second kappa shape index (κ2) is 6.49. The van der Waals surface area contributed by atoms with Gasteiger partial charge in [-0.05, 0) is 38.1 Å². The number of carbonyl (C=O) groups excluding carboxylic acids is 1. The van der Waals surface area contributed by atoms with Crippen molar-refractivity contribution in [1.82, 2.24) is 14.8 Å². The van der Waals surface area contributed by atoms with Gasteiger partial charge in [-0.1, -0.05) is 6.07 Å². The maximum atomic E-state index is 12.2. The fraction of sp³-hybridized carbons (Fsp3) is 0.538. The Bertz CT molecular complexity index is 431. The van der Waals surface area contributed by atoms with E-state index in [-0.39, 0.29) is 5.91 Å². The largest absolute Gasteiger partial charge is 0.339 e. The number of pyridine rings is 1. The maximum absolute atomic E-state index is 12.2. The standard InChI is InChI=1S/C13H21N5O/c1-17(9-10-18-7-2-3-8-18)13(19)11-5-4-6-12(15-11)16-14/h4-6H,2-3,7-10,14H2,1H3,(H,15,16). The first-order chi connectivity index (χ1) is 9.20. The number of carbonyl (C=O) groups is 1. The summed E-state index contributed by atoms with van der Waals surface area (Å²) < 4.78 is 0. The van der Waals surface area contributed by atoms with E-state index in [2.05, 4.69) is 15.3 Å². The van der Waals surface area contributed by atoms with E-state index >= 15 is 0 Å². The molecule has 1 aromatic rings. The number of anilines is 1. The van der Waals surface area contributed by atoms with Crippen molar-refractivity contribution < 1.29 is 4.79 Å². The average Bonchev–Trinajstić information content (AvgIpc) is 2.97. The molecule has 19 heavy (non-hydrogen) atoms. The van der Waals surface area contributed by atoms with E-state index in [1.807, 2.05) is 7.05 Å². The summed E-state index contributed by atoms with van der Waals surface area (Å²) in [5.74, 6) is 5.72. The number of nitrogens with zero attached hydrogens (tertiary/aromatic N) is 3. The quantitative estimate of drug-likeness (QED) is 0.599. The number of nitrogens with one attached hydrogen (secondary N) is 1. The van der Waals surface area contributed by atoms with E-state index in [9.17, 15) is 4.79 Å². The number of hydrogen-bond acceptors (Lipinski definition) is 5. The third kappa shape index (κ3) is 3.65. The van der Waals surface area contributed by atoms with Gasteiger partial charge in [-0.15, -0.1) is 0 Å². The summed E-state index contributed by atoms with van der Waals surface area (Å²) >= 11 is 0. The molecular formula is C13H21N5O. The Hall–Kier alpha value is -1.66. The summed E-state index contributed by atoms with van der Waals surface area (Å²) in [6.07, 6.45) is 2.53. The minimum Gasteiger partial charge on any atom is -0.339 e. The first kappa shape index (κ1) is 13.8. The fourth-order valence-corrected chi connectivity index (χ4v) is 2.23. The summed E-state index contributed by atoms with van der Waals surface area (Å²) in [6, 6.07) is 5.19. The van der Waals surface area contributed by atoms with Gasteiger partial charge in [-0.3, -0.25) is 4.79 Å². The number of hydrazine groups is 1. The van der Waals surface area contributed by atoms with Gasteiger partial charge in [0, 0.05) is 20.1 Å². The summed E-state index contributed by atoms with van der Waals surface area (Å²) in [7, 11) is 1.81. The third-order valence-electron chi connectivity index (χ3n) is 3.41. The van der Waals surface area contributed by atoms with E-state index in [4.69, 9.17) is 5.84 Å². The van der Waals surface area contributed by atoms with Crippen LogP contribution in [0.4, 0.5) is 5.82 Å². The van der Waals surface area contributed by atoms with Gasteiger partial charge in [0.25, 0.3) is 5.91 Å². The molecule has 0 aromatic carbocycles. The van der Waals surface area contributed by atoms with Crippen molar-refractivity contribution in [3.05, 3.63) is 23.9 Å². The van der Waals surface area contributed by atoms with Gasteiger partial charge < -0.3 is 15.2 Å². The van der Waals surface area contributed by atoms with Gasteiger partial charge in [0.1, 0.15) is 11.5 Å². The van der Waals surface area contributed by atoms with Crippen molar-refractivity contribution in [3.63, 3.8) is 0 Å². The number of nitrogens with two attached hydrogens (primary N) is 1. The van der Waals surface area contributed by atoms with Gasteiger partial charge >= 0.3 is 0 Å². The molecule has 6 heteroatoms. The smallest absolute Gasteiger partial charge is 0.272 e. The van der Waals surface area contributed by atoms with E-state index in [0.717, 1.165) is 26.2 Å². The lowest BCUT2D eigenvalue weighted by Crippen LogP contribution is -2.35. The SMILES string of the molecule is CN(CCN1CCCC1)C(=O)c1cccc(NN)n1. The van der Waals surface area contributed by atoms with Gasteiger partial charge in [0.05, 0.1) is 0 Å². The van der Waals surface area contributed by atoms with Crippen molar-refractivity contribution >= 4 is 11.7 Å². The summed E-state index contributed by atoms with van der Waals surface area (Å²) in [4.78, 5) is 20.4. The van der Waals surface area contributed by atoms with E-state index in [1.165, 1.54) is 12.8 Å². The van der Waals surface area contributed by atoms with Crippen molar-refractivity contribution in [2.45, 2.75) is 12.8 Å². The van der Waals surface area contributed by atoms with Crippen molar-refractivity contribution in [1.29, 1.82) is 0 Å². The molecule has 1 aromatic heterocycles. The lowest BCUT2D eigenvalue weighted by molar-refractivity contribution is 0.0776. The molecule has 0 spiro atoms. The molecule has 0 radical (unpaired) electrons. The third-order valence-corrected chi connectivity index (χ3v) is 3.41. The molecule has 0 aliphatic carbocycles. The molecule has 6 nitrogen and oxygen atoms in total. The highest BCUT2D eigenvalue weighted by molar-refractivity contribution is 5.92. The molecule has 0 bridgehead atoms. The van der Waals surface area contributed by atoms with Crippen LogP contribution in [0.3, 0.4) is 0 Å². The molecule has 2 heterocycles. The van der Waals surface area contributed by atoms with Gasteiger partial charge in [0.15, 0.2) is 0 Å².